The summed E-state index contributed by atoms with van der Waals surface area (Å²) < 4.78 is 32.4. The molecule has 2 aliphatic rings. The summed E-state index contributed by atoms with van der Waals surface area (Å²) in [7, 11) is -3.24. The molecule has 0 spiro atoms. The largest absolute Gasteiger partial charge is 0.379 e. The molecule has 0 aromatic carbocycles. The van der Waals surface area contributed by atoms with Crippen molar-refractivity contribution in [3.63, 3.8) is 0 Å². The number of aryl methyl sites for hydroxylation is 1. The van der Waals surface area contributed by atoms with Gasteiger partial charge in [-0.3, -0.25) is 10.00 Å². The highest BCUT2D eigenvalue weighted by molar-refractivity contribution is 7.89. The molecular formula is C14H25N5O3S. The second kappa shape index (κ2) is 7.25. The molecule has 0 radical (unpaired) electrons. The number of morpholine rings is 1. The molecule has 1 N–H and O–H groups in total. The minimum absolute atomic E-state index is 0.331. The van der Waals surface area contributed by atoms with Crippen molar-refractivity contribution in [2.75, 3.05) is 39.4 Å². The Labute approximate surface area is 137 Å². The van der Waals surface area contributed by atoms with Crippen LogP contribution in [0.2, 0.25) is 0 Å². The molecule has 0 aliphatic carbocycles. The highest BCUT2D eigenvalue weighted by atomic mass is 32.2. The molecule has 2 fully saturated rings. The monoisotopic (exact) mass is 343 g/mol. The van der Waals surface area contributed by atoms with Gasteiger partial charge >= 0.3 is 0 Å². The number of likely N-dealkylation sites (tertiary alicyclic amines) is 1. The minimum atomic E-state index is -3.24. The Hall–Kier alpha value is -1.03. The quantitative estimate of drug-likeness (QED) is 0.809. The molecule has 9 heteroatoms. The van der Waals surface area contributed by atoms with Crippen molar-refractivity contribution in [1.29, 1.82) is 0 Å². The Morgan fingerprint density at radius 2 is 2.09 bits per heavy atom. The molecule has 2 saturated heterocycles. The number of H-pyrrole nitrogens is 1. The predicted molar refractivity (Wildman–Crippen MR) is 85.4 cm³/mol. The fraction of sp³-hybridized carbons (Fsp3) is 0.857. The van der Waals surface area contributed by atoms with Crippen LogP contribution in [0.1, 0.15) is 31.4 Å². The number of nitrogens with zero attached hydrogens (tertiary/aromatic N) is 4. The average molecular weight is 343 g/mol. The highest BCUT2D eigenvalue weighted by Crippen LogP contribution is 2.22. The summed E-state index contributed by atoms with van der Waals surface area (Å²) in [4.78, 5) is 6.57. The summed E-state index contributed by atoms with van der Waals surface area (Å²) in [6, 6.07) is 0. The fourth-order valence-electron chi connectivity index (χ4n) is 3.19. The number of nitrogens with one attached hydrogen (secondary N) is 1. The maximum atomic E-state index is 12.8. The number of aromatic amines is 1. The number of rotatable bonds is 5. The van der Waals surface area contributed by atoms with Gasteiger partial charge in [0.1, 0.15) is 11.6 Å². The first kappa shape index (κ1) is 16.8. The van der Waals surface area contributed by atoms with Crippen LogP contribution in [0.4, 0.5) is 0 Å². The molecule has 0 amide bonds. The van der Waals surface area contributed by atoms with Crippen molar-refractivity contribution in [1.82, 2.24) is 24.4 Å². The van der Waals surface area contributed by atoms with Gasteiger partial charge in [0.15, 0.2) is 0 Å². The molecular weight excluding hydrogens is 318 g/mol. The zero-order chi connectivity index (χ0) is 16.3. The molecule has 1 aromatic rings. The van der Waals surface area contributed by atoms with E-state index in [2.05, 4.69) is 20.1 Å². The van der Waals surface area contributed by atoms with E-state index in [1.807, 2.05) is 6.92 Å². The first-order valence-electron chi connectivity index (χ1n) is 8.29. The van der Waals surface area contributed by atoms with Crippen molar-refractivity contribution < 1.29 is 13.2 Å². The number of sulfonamides is 1. The van der Waals surface area contributed by atoms with Crippen molar-refractivity contribution in [3.05, 3.63) is 11.6 Å². The van der Waals surface area contributed by atoms with Crippen LogP contribution in [0.5, 0.6) is 0 Å². The lowest BCUT2D eigenvalue weighted by atomic mass is 10.1. The van der Waals surface area contributed by atoms with E-state index in [0.29, 0.717) is 39.4 Å². The number of hydrogen-bond donors (Lipinski definition) is 1. The number of piperidine rings is 1. The van der Waals surface area contributed by atoms with E-state index in [1.165, 1.54) is 0 Å². The summed E-state index contributed by atoms with van der Waals surface area (Å²) in [5.74, 6) is 1.61. The Morgan fingerprint density at radius 3 is 2.78 bits per heavy atom. The van der Waals surface area contributed by atoms with Crippen molar-refractivity contribution >= 4 is 10.0 Å². The van der Waals surface area contributed by atoms with Gasteiger partial charge in [-0.05, 0) is 19.4 Å². The second-order valence-corrected chi connectivity index (χ2v) is 8.32. The molecule has 2 aliphatic heterocycles. The van der Waals surface area contributed by atoms with E-state index in [0.717, 1.165) is 37.5 Å². The van der Waals surface area contributed by atoms with Crippen LogP contribution in [-0.2, 0) is 27.7 Å². The van der Waals surface area contributed by atoms with Crippen LogP contribution in [0.25, 0.3) is 0 Å². The third-order valence-corrected chi connectivity index (χ3v) is 6.79. The molecule has 130 valence electrons. The Morgan fingerprint density at radius 1 is 1.30 bits per heavy atom. The van der Waals surface area contributed by atoms with E-state index in [4.69, 9.17) is 4.74 Å². The summed E-state index contributed by atoms with van der Waals surface area (Å²) in [5.41, 5.74) is 0. The number of aromatic nitrogens is 3. The summed E-state index contributed by atoms with van der Waals surface area (Å²) in [6.07, 6.45) is 2.42. The van der Waals surface area contributed by atoms with Crippen molar-refractivity contribution in [3.8, 4) is 0 Å². The smallest absolute Gasteiger partial charge is 0.218 e. The Balaban J connectivity index is 1.63. The Bertz CT molecular complexity index is 612. The summed E-state index contributed by atoms with van der Waals surface area (Å²) in [6.45, 7) is 6.03. The van der Waals surface area contributed by atoms with E-state index in [1.54, 1.807) is 4.31 Å². The van der Waals surface area contributed by atoms with Gasteiger partial charge < -0.3 is 4.74 Å². The molecule has 0 bridgehead atoms. The SMILES string of the molecule is CCc1n[nH]c(CN2CCCC(S(=O)(=O)N3CCOCC3)C2)n1. The molecule has 1 aromatic heterocycles. The maximum absolute atomic E-state index is 12.8. The standard InChI is InChI=1S/C14H25N5O3S/c1-2-13-15-14(17-16-13)11-18-5-3-4-12(10-18)23(20,21)19-6-8-22-9-7-19/h12H,2-11H2,1H3,(H,15,16,17). The van der Waals surface area contributed by atoms with Crippen LogP contribution in [-0.4, -0.2) is 77.4 Å². The van der Waals surface area contributed by atoms with Crippen LogP contribution >= 0.6 is 0 Å². The lowest BCUT2D eigenvalue weighted by molar-refractivity contribution is 0.0719. The minimum Gasteiger partial charge on any atom is -0.379 e. The third kappa shape index (κ3) is 3.90. The topological polar surface area (TPSA) is 91.4 Å². The molecule has 1 unspecified atom stereocenters. The van der Waals surface area contributed by atoms with Crippen molar-refractivity contribution in [2.45, 2.75) is 38.0 Å². The van der Waals surface area contributed by atoms with Gasteiger partial charge in [-0.1, -0.05) is 6.92 Å². The lowest BCUT2D eigenvalue weighted by Gasteiger charge is -2.36. The third-order valence-electron chi connectivity index (χ3n) is 4.48. The second-order valence-electron chi connectivity index (χ2n) is 6.11. The van der Waals surface area contributed by atoms with Gasteiger partial charge in [0, 0.05) is 26.1 Å². The molecule has 3 rings (SSSR count). The summed E-state index contributed by atoms with van der Waals surface area (Å²) in [5, 5.41) is 6.75. The maximum Gasteiger partial charge on any atom is 0.218 e. The predicted octanol–water partition coefficient (Wildman–Crippen LogP) is -0.00650. The normalized spacial score (nSPS) is 24.8. The van der Waals surface area contributed by atoms with Gasteiger partial charge in [0.05, 0.1) is 25.0 Å². The molecule has 1 atom stereocenters. The van der Waals surface area contributed by atoms with Crippen LogP contribution in [0.15, 0.2) is 0 Å². The van der Waals surface area contributed by atoms with E-state index < -0.39 is 10.0 Å². The van der Waals surface area contributed by atoms with Gasteiger partial charge in [-0.25, -0.2) is 13.4 Å². The lowest BCUT2D eigenvalue weighted by Crippen LogP contribution is -2.50. The van der Waals surface area contributed by atoms with Crippen molar-refractivity contribution in [2.24, 2.45) is 0 Å². The molecule has 8 nitrogen and oxygen atoms in total. The number of ether oxygens (including phenoxy) is 1. The van der Waals surface area contributed by atoms with E-state index in [9.17, 15) is 8.42 Å². The average Bonchev–Trinajstić information content (AvgIpc) is 3.03. The van der Waals surface area contributed by atoms with Gasteiger partial charge in [-0.2, -0.15) is 9.40 Å². The zero-order valence-corrected chi connectivity index (χ0v) is 14.4. The molecule has 23 heavy (non-hydrogen) atoms. The van der Waals surface area contributed by atoms with E-state index >= 15 is 0 Å². The fourth-order valence-corrected chi connectivity index (χ4v) is 5.13. The van der Waals surface area contributed by atoms with Crippen LogP contribution in [0, 0.1) is 0 Å². The van der Waals surface area contributed by atoms with Gasteiger partial charge in [-0.15, -0.1) is 0 Å². The van der Waals surface area contributed by atoms with Crippen LogP contribution < -0.4 is 0 Å². The van der Waals surface area contributed by atoms with Crippen LogP contribution in [0.3, 0.4) is 0 Å². The molecule has 0 saturated carbocycles. The molecule has 3 heterocycles. The first-order valence-corrected chi connectivity index (χ1v) is 9.79. The number of hydrogen-bond acceptors (Lipinski definition) is 6. The first-order chi connectivity index (χ1) is 11.1. The zero-order valence-electron chi connectivity index (χ0n) is 13.6. The summed E-state index contributed by atoms with van der Waals surface area (Å²) >= 11 is 0. The van der Waals surface area contributed by atoms with E-state index in [-0.39, 0.29) is 5.25 Å². The van der Waals surface area contributed by atoms with Gasteiger partial charge in [0.25, 0.3) is 0 Å². The van der Waals surface area contributed by atoms with Gasteiger partial charge in [0.2, 0.25) is 10.0 Å². The highest BCUT2D eigenvalue weighted by Gasteiger charge is 2.36. The Kier molecular flexibility index (Phi) is 5.30.